The minimum atomic E-state index is 0.380. The van der Waals surface area contributed by atoms with Crippen molar-refractivity contribution >= 4 is 0 Å². The van der Waals surface area contributed by atoms with Crippen molar-refractivity contribution in [3.63, 3.8) is 0 Å². The lowest BCUT2D eigenvalue weighted by atomic mass is 10.1. The van der Waals surface area contributed by atoms with Crippen molar-refractivity contribution in [1.29, 1.82) is 0 Å². The van der Waals surface area contributed by atoms with Crippen molar-refractivity contribution in [3.8, 4) is 5.75 Å². The van der Waals surface area contributed by atoms with Gasteiger partial charge < -0.3 is 4.74 Å². The summed E-state index contributed by atoms with van der Waals surface area (Å²) in [6.07, 6.45) is 0.934. The van der Waals surface area contributed by atoms with Gasteiger partial charge in [0, 0.05) is 6.04 Å². The lowest BCUT2D eigenvalue weighted by Crippen LogP contribution is -2.31. The summed E-state index contributed by atoms with van der Waals surface area (Å²) in [7, 11) is 3.80. The van der Waals surface area contributed by atoms with Gasteiger partial charge in [0.2, 0.25) is 0 Å². The van der Waals surface area contributed by atoms with Gasteiger partial charge >= 0.3 is 0 Å². The zero-order chi connectivity index (χ0) is 14.5. The summed E-state index contributed by atoms with van der Waals surface area (Å²) in [6.45, 7) is 4.85. The second kappa shape index (κ2) is 6.52. The maximum Gasteiger partial charge on any atom is 0.164 e. The second-order valence-corrected chi connectivity index (χ2v) is 5.12. The van der Waals surface area contributed by atoms with Crippen LogP contribution >= 0.6 is 0 Å². The van der Waals surface area contributed by atoms with Crippen LogP contribution < -0.4 is 4.74 Å². The Morgan fingerprint density at radius 2 is 2.10 bits per heavy atom. The fourth-order valence-electron chi connectivity index (χ4n) is 2.18. The van der Waals surface area contributed by atoms with Gasteiger partial charge in [0.1, 0.15) is 11.6 Å². The molecular formula is C15H22N4O. The lowest BCUT2D eigenvalue weighted by molar-refractivity contribution is 0.241. The van der Waals surface area contributed by atoms with Gasteiger partial charge in [-0.05, 0) is 38.9 Å². The van der Waals surface area contributed by atoms with Crippen LogP contribution in [0.15, 0.2) is 24.3 Å². The monoisotopic (exact) mass is 274 g/mol. The molecule has 2 aromatic rings. The van der Waals surface area contributed by atoms with Crippen LogP contribution in [0.3, 0.4) is 0 Å². The smallest absolute Gasteiger partial charge is 0.164 e. The van der Waals surface area contributed by atoms with Crippen molar-refractivity contribution in [2.75, 3.05) is 14.2 Å². The van der Waals surface area contributed by atoms with E-state index in [9.17, 15) is 0 Å². The van der Waals surface area contributed by atoms with Gasteiger partial charge in [-0.25, -0.2) is 4.98 Å². The fourth-order valence-corrected chi connectivity index (χ4v) is 2.18. The molecule has 2 rings (SSSR count). The van der Waals surface area contributed by atoms with E-state index in [-0.39, 0.29) is 0 Å². The third-order valence-corrected chi connectivity index (χ3v) is 3.49. The van der Waals surface area contributed by atoms with Crippen LogP contribution in [-0.2, 0) is 13.0 Å². The number of aromatic amines is 1. The molecule has 1 aromatic heterocycles. The Hall–Kier alpha value is -1.88. The highest BCUT2D eigenvalue weighted by molar-refractivity contribution is 5.33. The van der Waals surface area contributed by atoms with E-state index in [1.807, 2.05) is 25.1 Å². The third-order valence-electron chi connectivity index (χ3n) is 3.49. The molecule has 108 valence electrons. The zero-order valence-corrected chi connectivity index (χ0v) is 12.6. The Morgan fingerprint density at radius 1 is 1.35 bits per heavy atom. The Labute approximate surface area is 120 Å². The number of methoxy groups -OCH3 is 1. The fraction of sp³-hybridized carbons (Fsp3) is 0.467. The van der Waals surface area contributed by atoms with Crippen LogP contribution in [-0.4, -0.2) is 40.3 Å². The second-order valence-electron chi connectivity index (χ2n) is 5.12. The molecule has 1 heterocycles. The SMILES string of the molecule is COc1ccccc1CC(C)N(C)Cc1n[nH]c(C)n1. The van der Waals surface area contributed by atoms with Crippen LogP contribution in [0.5, 0.6) is 5.75 Å². The van der Waals surface area contributed by atoms with E-state index in [1.165, 1.54) is 5.56 Å². The summed E-state index contributed by atoms with van der Waals surface area (Å²) in [4.78, 5) is 6.59. The Balaban J connectivity index is 1.98. The van der Waals surface area contributed by atoms with Gasteiger partial charge in [-0.2, -0.15) is 5.10 Å². The summed E-state index contributed by atoms with van der Waals surface area (Å²) >= 11 is 0. The number of benzene rings is 1. The van der Waals surface area contributed by atoms with Crippen LogP contribution in [0.2, 0.25) is 0 Å². The molecule has 1 aromatic carbocycles. The van der Waals surface area contributed by atoms with Gasteiger partial charge in [0.25, 0.3) is 0 Å². The molecule has 0 fully saturated rings. The average molecular weight is 274 g/mol. The molecule has 0 saturated heterocycles. The summed E-state index contributed by atoms with van der Waals surface area (Å²) in [6, 6.07) is 8.53. The zero-order valence-electron chi connectivity index (χ0n) is 12.6. The van der Waals surface area contributed by atoms with E-state index >= 15 is 0 Å². The van der Waals surface area contributed by atoms with Gasteiger partial charge in [0.05, 0.1) is 13.7 Å². The molecule has 0 saturated carbocycles. The van der Waals surface area contributed by atoms with Gasteiger partial charge in [0.15, 0.2) is 5.82 Å². The molecule has 1 unspecified atom stereocenters. The van der Waals surface area contributed by atoms with Gasteiger partial charge in [-0.1, -0.05) is 18.2 Å². The number of para-hydroxylation sites is 1. The number of aromatic nitrogens is 3. The third kappa shape index (κ3) is 3.57. The molecular weight excluding hydrogens is 252 g/mol. The minimum Gasteiger partial charge on any atom is -0.496 e. The molecule has 0 aliphatic carbocycles. The summed E-state index contributed by atoms with van der Waals surface area (Å²) in [5.41, 5.74) is 1.22. The van der Waals surface area contributed by atoms with Gasteiger partial charge in [-0.3, -0.25) is 10.00 Å². The van der Waals surface area contributed by atoms with Crippen LogP contribution in [0.1, 0.15) is 24.1 Å². The molecule has 0 aliphatic rings. The number of hydrogen-bond donors (Lipinski definition) is 1. The Bertz CT molecular complexity index is 552. The highest BCUT2D eigenvalue weighted by Crippen LogP contribution is 2.20. The molecule has 20 heavy (non-hydrogen) atoms. The molecule has 1 atom stereocenters. The first-order valence-electron chi connectivity index (χ1n) is 6.80. The first-order chi connectivity index (χ1) is 9.60. The molecule has 0 spiro atoms. The molecule has 1 N–H and O–H groups in total. The molecule has 5 heteroatoms. The number of H-pyrrole nitrogens is 1. The molecule has 0 bridgehead atoms. The van der Waals surface area contributed by atoms with E-state index in [2.05, 4.69) is 40.1 Å². The first kappa shape index (κ1) is 14.5. The van der Waals surface area contributed by atoms with Crippen LogP contribution in [0.4, 0.5) is 0 Å². The minimum absolute atomic E-state index is 0.380. The predicted octanol–water partition coefficient (Wildman–Crippen LogP) is 2.18. The number of hydrogen-bond acceptors (Lipinski definition) is 4. The van der Waals surface area contributed by atoms with E-state index in [4.69, 9.17) is 4.74 Å². The standard InChI is InChI=1S/C15H22N4O/c1-11(9-13-7-5-6-8-14(13)20-4)19(3)10-15-16-12(2)17-18-15/h5-8,11H,9-10H2,1-4H3,(H,16,17,18). The first-order valence-corrected chi connectivity index (χ1v) is 6.80. The quantitative estimate of drug-likeness (QED) is 0.877. The Morgan fingerprint density at radius 3 is 2.75 bits per heavy atom. The highest BCUT2D eigenvalue weighted by Gasteiger charge is 2.14. The number of nitrogens with zero attached hydrogens (tertiary/aromatic N) is 3. The maximum atomic E-state index is 5.40. The van der Waals surface area contributed by atoms with Crippen molar-refractivity contribution in [3.05, 3.63) is 41.5 Å². The van der Waals surface area contributed by atoms with Gasteiger partial charge in [-0.15, -0.1) is 0 Å². The van der Waals surface area contributed by atoms with Crippen LogP contribution in [0.25, 0.3) is 0 Å². The summed E-state index contributed by atoms with van der Waals surface area (Å²) in [5.74, 6) is 2.63. The number of ether oxygens (including phenoxy) is 1. The molecule has 0 amide bonds. The number of likely N-dealkylation sites (N-methyl/N-ethyl adjacent to an activating group) is 1. The normalized spacial score (nSPS) is 12.7. The molecule has 0 aliphatic heterocycles. The highest BCUT2D eigenvalue weighted by atomic mass is 16.5. The average Bonchev–Trinajstić information content (AvgIpc) is 2.84. The number of rotatable bonds is 6. The van der Waals surface area contributed by atoms with E-state index in [1.54, 1.807) is 7.11 Å². The number of aryl methyl sites for hydroxylation is 1. The Kier molecular flexibility index (Phi) is 4.74. The van der Waals surface area contributed by atoms with E-state index < -0.39 is 0 Å². The molecule has 5 nitrogen and oxygen atoms in total. The van der Waals surface area contributed by atoms with E-state index in [0.29, 0.717) is 6.04 Å². The van der Waals surface area contributed by atoms with E-state index in [0.717, 1.165) is 30.4 Å². The predicted molar refractivity (Wildman–Crippen MR) is 78.7 cm³/mol. The summed E-state index contributed by atoms with van der Waals surface area (Å²) < 4.78 is 5.40. The van der Waals surface area contributed by atoms with Crippen LogP contribution in [0, 0.1) is 6.92 Å². The largest absolute Gasteiger partial charge is 0.496 e. The van der Waals surface area contributed by atoms with Crippen molar-refractivity contribution in [2.24, 2.45) is 0 Å². The lowest BCUT2D eigenvalue weighted by Gasteiger charge is -2.24. The van der Waals surface area contributed by atoms with Crippen molar-refractivity contribution in [2.45, 2.75) is 32.9 Å². The topological polar surface area (TPSA) is 54.0 Å². The van der Waals surface area contributed by atoms with Crippen molar-refractivity contribution < 1.29 is 4.74 Å². The molecule has 0 radical (unpaired) electrons. The summed E-state index contributed by atoms with van der Waals surface area (Å²) in [5, 5.41) is 7.05. The van der Waals surface area contributed by atoms with Crippen molar-refractivity contribution in [1.82, 2.24) is 20.1 Å². The number of nitrogens with one attached hydrogen (secondary N) is 1. The maximum absolute atomic E-state index is 5.40.